The van der Waals surface area contributed by atoms with Crippen molar-refractivity contribution >= 4 is 23.6 Å². The largest absolute Gasteiger partial charge is 0.475 e. The van der Waals surface area contributed by atoms with E-state index in [1.807, 2.05) is 0 Å². The van der Waals surface area contributed by atoms with Crippen molar-refractivity contribution < 1.29 is 19.1 Å². The van der Waals surface area contributed by atoms with Crippen LogP contribution in [0.2, 0.25) is 0 Å². The van der Waals surface area contributed by atoms with E-state index in [0.29, 0.717) is 12.2 Å². The molecule has 0 aliphatic rings. The number of rotatable bonds is 9. The van der Waals surface area contributed by atoms with E-state index < -0.39 is 5.97 Å². The summed E-state index contributed by atoms with van der Waals surface area (Å²) in [6, 6.07) is 2.93. The lowest BCUT2D eigenvalue weighted by atomic mass is 10.4. The first-order valence-corrected chi connectivity index (χ1v) is 7.45. The second kappa shape index (κ2) is 8.63. The van der Waals surface area contributed by atoms with Crippen molar-refractivity contribution in [1.82, 2.24) is 5.32 Å². The smallest absolute Gasteiger partial charge is 0.371 e. The van der Waals surface area contributed by atoms with Gasteiger partial charge in [0.1, 0.15) is 5.76 Å². The highest BCUT2D eigenvalue weighted by Crippen LogP contribution is 2.08. The summed E-state index contributed by atoms with van der Waals surface area (Å²) in [4.78, 5) is 22.1. The molecule has 1 heterocycles. The number of amides is 1. The van der Waals surface area contributed by atoms with Crippen LogP contribution in [-0.4, -0.2) is 28.5 Å². The summed E-state index contributed by atoms with van der Waals surface area (Å²) in [5.41, 5.74) is 0. The third-order valence-corrected chi connectivity index (χ3v) is 3.52. The van der Waals surface area contributed by atoms with Gasteiger partial charge in [-0.1, -0.05) is 13.3 Å². The molecular weight excluding hydrogens is 266 g/mol. The average Bonchev–Trinajstić information content (AvgIpc) is 2.85. The number of carboxylic acids is 1. The Morgan fingerprint density at radius 3 is 2.79 bits per heavy atom. The van der Waals surface area contributed by atoms with Gasteiger partial charge in [-0.15, -0.1) is 0 Å². The summed E-state index contributed by atoms with van der Waals surface area (Å²) in [6.07, 6.45) is 2.82. The van der Waals surface area contributed by atoms with Crippen molar-refractivity contribution in [1.29, 1.82) is 0 Å². The van der Waals surface area contributed by atoms with Crippen LogP contribution in [0.4, 0.5) is 0 Å². The summed E-state index contributed by atoms with van der Waals surface area (Å²) in [6.45, 7) is 2.37. The molecule has 0 aliphatic heterocycles. The lowest BCUT2D eigenvalue weighted by Crippen LogP contribution is -2.22. The Kier molecular flexibility index (Phi) is 7.10. The van der Waals surface area contributed by atoms with Gasteiger partial charge in [0.05, 0.1) is 6.54 Å². The molecule has 1 rings (SSSR count). The molecule has 0 spiro atoms. The molecule has 0 atom stereocenters. The van der Waals surface area contributed by atoms with Crippen molar-refractivity contribution in [3.8, 4) is 0 Å². The first-order valence-electron chi connectivity index (χ1n) is 6.30. The molecule has 0 aromatic carbocycles. The maximum atomic E-state index is 11.5. The van der Waals surface area contributed by atoms with Crippen LogP contribution in [0.15, 0.2) is 16.5 Å². The zero-order valence-corrected chi connectivity index (χ0v) is 11.8. The minimum absolute atomic E-state index is 0.0442. The molecule has 1 aromatic rings. The van der Waals surface area contributed by atoms with Crippen molar-refractivity contribution in [3.05, 3.63) is 23.7 Å². The third-order valence-electron chi connectivity index (χ3n) is 2.45. The van der Waals surface area contributed by atoms with Crippen molar-refractivity contribution in [2.24, 2.45) is 0 Å². The van der Waals surface area contributed by atoms with E-state index in [9.17, 15) is 9.59 Å². The fourth-order valence-electron chi connectivity index (χ4n) is 1.38. The highest BCUT2D eigenvalue weighted by atomic mass is 32.2. The molecule has 2 N–H and O–H groups in total. The predicted molar refractivity (Wildman–Crippen MR) is 74.4 cm³/mol. The summed E-state index contributed by atoms with van der Waals surface area (Å²) in [5, 5.41) is 11.4. The quantitative estimate of drug-likeness (QED) is 0.681. The second-order valence-corrected chi connectivity index (χ2v) is 5.29. The molecule has 106 valence electrons. The zero-order chi connectivity index (χ0) is 14.1. The van der Waals surface area contributed by atoms with Gasteiger partial charge in [-0.2, -0.15) is 11.8 Å². The molecule has 0 fully saturated rings. The van der Waals surface area contributed by atoms with Gasteiger partial charge in [0.25, 0.3) is 0 Å². The highest BCUT2D eigenvalue weighted by Gasteiger charge is 2.09. The number of unbranched alkanes of at least 4 members (excludes halogenated alkanes) is 1. The van der Waals surface area contributed by atoms with Gasteiger partial charge < -0.3 is 14.8 Å². The fraction of sp³-hybridized carbons (Fsp3) is 0.538. The van der Waals surface area contributed by atoms with Gasteiger partial charge in [-0.3, -0.25) is 4.79 Å². The average molecular weight is 285 g/mol. The number of carboxylic acid groups (broad SMARTS) is 1. The molecule has 1 aromatic heterocycles. The lowest BCUT2D eigenvalue weighted by molar-refractivity contribution is -0.120. The predicted octanol–water partition coefficient (Wildman–Crippen LogP) is 2.52. The van der Waals surface area contributed by atoms with E-state index in [0.717, 1.165) is 11.5 Å². The Hall–Kier alpha value is -1.43. The summed E-state index contributed by atoms with van der Waals surface area (Å²) in [7, 11) is 0. The number of thioether (sulfide) groups is 1. The molecule has 19 heavy (non-hydrogen) atoms. The highest BCUT2D eigenvalue weighted by molar-refractivity contribution is 7.99. The Labute approximate surface area is 116 Å². The van der Waals surface area contributed by atoms with Crippen molar-refractivity contribution in [3.63, 3.8) is 0 Å². The molecule has 5 nitrogen and oxygen atoms in total. The number of furan rings is 1. The summed E-state index contributed by atoms with van der Waals surface area (Å²) in [5.74, 6) is 1.08. The van der Waals surface area contributed by atoms with Crippen LogP contribution in [0.5, 0.6) is 0 Å². The van der Waals surface area contributed by atoms with Crippen LogP contribution in [0.3, 0.4) is 0 Å². The summed E-state index contributed by atoms with van der Waals surface area (Å²) >= 11 is 1.77. The first-order chi connectivity index (χ1) is 9.13. The standard InChI is InChI=1S/C13H19NO4S/c1-2-3-7-19-8-6-12(15)14-9-10-4-5-11(18-10)13(16)17/h4-5H,2-3,6-9H2,1H3,(H,14,15)(H,16,17). The normalized spacial score (nSPS) is 10.4. The monoisotopic (exact) mass is 285 g/mol. The van der Waals surface area contributed by atoms with E-state index in [4.69, 9.17) is 9.52 Å². The van der Waals surface area contributed by atoms with E-state index in [-0.39, 0.29) is 18.2 Å². The number of carbonyl (C=O) groups excluding carboxylic acids is 1. The maximum absolute atomic E-state index is 11.5. The molecule has 0 unspecified atom stereocenters. The van der Waals surface area contributed by atoms with Crippen LogP contribution in [0.25, 0.3) is 0 Å². The number of carbonyl (C=O) groups is 2. The Balaban J connectivity index is 2.17. The van der Waals surface area contributed by atoms with E-state index in [2.05, 4.69) is 12.2 Å². The van der Waals surface area contributed by atoms with Gasteiger partial charge in [0.2, 0.25) is 11.7 Å². The SMILES string of the molecule is CCCCSCCC(=O)NCc1ccc(C(=O)O)o1. The number of hydrogen-bond acceptors (Lipinski definition) is 4. The lowest BCUT2D eigenvalue weighted by Gasteiger charge is -2.03. The molecule has 6 heteroatoms. The Morgan fingerprint density at radius 1 is 1.37 bits per heavy atom. The van der Waals surface area contributed by atoms with E-state index in [1.165, 1.54) is 18.9 Å². The molecule has 1 amide bonds. The Bertz CT molecular complexity index is 417. The molecular formula is C13H19NO4S. The number of aromatic carboxylic acids is 1. The van der Waals surface area contributed by atoms with Crippen LogP contribution in [0, 0.1) is 0 Å². The maximum Gasteiger partial charge on any atom is 0.371 e. The number of nitrogens with one attached hydrogen (secondary N) is 1. The number of hydrogen-bond donors (Lipinski definition) is 2. The van der Waals surface area contributed by atoms with Crippen LogP contribution >= 0.6 is 11.8 Å². The van der Waals surface area contributed by atoms with E-state index in [1.54, 1.807) is 17.8 Å². The first kappa shape index (κ1) is 15.6. The van der Waals surface area contributed by atoms with Gasteiger partial charge in [-0.05, 0) is 24.3 Å². The third kappa shape index (κ3) is 6.33. The molecule has 0 radical (unpaired) electrons. The van der Waals surface area contributed by atoms with Crippen LogP contribution in [-0.2, 0) is 11.3 Å². The molecule has 0 saturated heterocycles. The Morgan fingerprint density at radius 2 is 2.16 bits per heavy atom. The van der Waals surface area contributed by atoms with Crippen molar-refractivity contribution in [2.45, 2.75) is 32.7 Å². The van der Waals surface area contributed by atoms with Gasteiger partial charge in [0, 0.05) is 12.2 Å². The van der Waals surface area contributed by atoms with Gasteiger partial charge >= 0.3 is 5.97 Å². The minimum atomic E-state index is -1.11. The van der Waals surface area contributed by atoms with Crippen molar-refractivity contribution in [2.75, 3.05) is 11.5 Å². The molecule has 0 aliphatic carbocycles. The van der Waals surface area contributed by atoms with Gasteiger partial charge in [0.15, 0.2) is 0 Å². The topological polar surface area (TPSA) is 79.5 Å². The van der Waals surface area contributed by atoms with Crippen LogP contribution in [0.1, 0.15) is 42.5 Å². The molecule has 0 saturated carbocycles. The van der Waals surface area contributed by atoms with Gasteiger partial charge in [-0.25, -0.2) is 4.79 Å². The zero-order valence-electron chi connectivity index (χ0n) is 11.0. The summed E-state index contributed by atoms with van der Waals surface area (Å²) < 4.78 is 5.03. The fourth-order valence-corrected chi connectivity index (χ4v) is 2.40. The second-order valence-electron chi connectivity index (χ2n) is 4.06. The minimum Gasteiger partial charge on any atom is -0.475 e. The van der Waals surface area contributed by atoms with E-state index >= 15 is 0 Å². The molecule has 0 bridgehead atoms. The van der Waals surface area contributed by atoms with Crippen LogP contribution < -0.4 is 5.32 Å².